The zero-order valence-electron chi connectivity index (χ0n) is 11.1. The third-order valence-electron chi connectivity index (χ3n) is 3.07. The minimum atomic E-state index is -0.418. The van der Waals surface area contributed by atoms with Crippen LogP contribution in [-0.4, -0.2) is 4.92 Å². The van der Waals surface area contributed by atoms with E-state index in [9.17, 15) is 10.1 Å². The number of nitro benzene ring substituents is 1. The Bertz CT molecular complexity index is 612. The van der Waals surface area contributed by atoms with E-state index in [0.29, 0.717) is 17.3 Å². The minimum Gasteiger partial charge on any atom is -0.375 e. The van der Waals surface area contributed by atoms with E-state index in [1.807, 2.05) is 12.1 Å². The molecule has 0 aliphatic heterocycles. The first-order valence-corrected chi connectivity index (χ1v) is 6.73. The Morgan fingerprint density at radius 2 is 1.80 bits per heavy atom. The molecule has 0 saturated carbocycles. The lowest BCUT2D eigenvalue weighted by molar-refractivity contribution is -0.384. The molecule has 0 saturated heterocycles. The summed E-state index contributed by atoms with van der Waals surface area (Å²) < 4.78 is 0. The van der Waals surface area contributed by atoms with Crippen LogP contribution in [-0.2, 0) is 13.0 Å². The number of hydrogen-bond donors (Lipinski definition) is 1. The number of benzene rings is 2. The molecule has 2 aromatic carbocycles. The van der Waals surface area contributed by atoms with Crippen LogP contribution in [0.5, 0.6) is 0 Å². The zero-order chi connectivity index (χ0) is 14.5. The Balaban J connectivity index is 2.13. The highest BCUT2D eigenvalue weighted by atomic mass is 35.5. The summed E-state index contributed by atoms with van der Waals surface area (Å²) in [4.78, 5) is 10.5. The molecule has 0 bridgehead atoms. The van der Waals surface area contributed by atoms with Crippen molar-refractivity contribution in [1.82, 2.24) is 0 Å². The first-order chi connectivity index (χ1) is 9.60. The van der Waals surface area contributed by atoms with Gasteiger partial charge in [-0.25, -0.2) is 0 Å². The fourth-order valence-electron chi connectivity index (χ4n) is 1.90. The Morgan fingerprint density at radius 3 is 2.40 bits per heavy atom. The Kier molecular flexibility index (Phi) is 4.58. The molecule has 2 rings (SSSR count). The summed E-state index contributed by atoms with van der Waals surface area (Å²) in [6.45, 7) is 2.62. The molecule has 0 unspecified atom stereocenters. The molecule has 0 heterocycles. The van der Waals surface area contributed by atoms with E-state index in [-0.39, 0.29) is 5.69 Å². The van der Waals surface area contributed by atoms with Crippen LogP contribution in [0, 0.1) is 10.1 Å². The van der Waals surface area contributed by atoms with Crippen LogP contribution >= 0.6 is 11.6 Å². The second-order valence-electron chi connectivity index (χ2n) is 4.44. The summed E-state index contributed by atoms with van der Waals surface area (Å²) in [5.41, 5.74) is 2.79. The van der Waals surface area contributed by atoms with Crippen LogP contribution in [0.25, 0.3) is 0 Å². The van der Waals surface area contributed by atoms with E-state index in [2.05, 4.69) is 24.4 Å². The molecule has 0 aliphatic rings. The van der Waals surface area contributed by atoms with Gasteiger partial charge in [-0.2, -0.15) is 0 Å². The van der Waals surface area contributed by atoms with Gasteiger partial charge < -0.3 is 5.32 Å². The maximum Gasteiger partial charge on any atom is 0.292 e. The third kappa shape index (κ3) is 3.48. The molecule has 0 spiro atoms. The van der Waals surface area contributed by atoms with Crippen molar-refractivity contribution >= 4 is 23.0 Å². The lowest BCUT2D eigenvalue weighted by Crippen LogP contribution is -2.02. The molecule has 0 amide bonds. The molecular weight excluding hydrogens is 276 g/mol. The Hall–Kier alpha value is -2.07. The smallest absolute Gasteiger partial charge is 0.292 e. The number of rotatable bonds is 5. The Labute approximate surface area is 122 Å². The highest BCUT2D eigenvalue weighted by Crippen LogP contribution is 2.28. The maximum atomic E-state index is 11.0. The number of hydrogen-bond acceptors (Lipinski definition) is 3. The topological polar surface area (TPSA) is 55.2 Å². The van der Waals surface area contributed by atoms with Gasteiger partial charge in [0.2, 0.25) is 0 Å². The number of nitrogens with zero attached hydrogens (tertiary/aromatic N) is 1. The van der Waals surface area contributed by atoms with Crippen LogP contribution in [0.4, 0.5) is 11.4 Å². The molecule has 0 fully saturated rings. The number of halogens is 1. The van der Waals surface area contributed by atoms with E-state index in [1.165, 1.54) is 17.7 Å². The van der Waals surface area contributed by atoms with Gasteiger partial charge in [0, 0.05) is 17.6 Å². The van der Waals surface area contributed by atoms with Crippen molar-refractivity contribution < 1.29 is 4.92 Å². The molecule has 0 aliphatic carbocycles. The molecule has 104 valence electrons. The van der Waals surface area contributed by atoms with E-state index < -0.39 is 4.92 Å². The number of nitro groups is 1. The van der Waals surface area contributed by atoms with Gasteiger partial charge >= 0.3 is 0 Å². The van der Waals surface area contributed by atoms with Crippen LogP contribution in [0.2, 0.25) is 5.02 Å². The molecule has 20 heavy (non-hydrogen) atoms. The second kappa shape index (κ2) is 6.39. The minimum absolute atomic E-state index is 0.0274. The van der Waals surface area contributed by atoms with Gasteiger partial charge in [-0.1, -0.05) is 42.8 Å². The molecule has 1 N–H and O–H groups in total. The van der Waals surface area contributed by atoms with Crippen molar-refractivity contribution in [2.45, 2.75) is 19.9 Å². The van der Waals surface area contributed by atoms with Gasteiger partial charge in [-0.3, -0.25) is 10.1 Å². The maximum absolute atomic E-state index is 11.0. The lowest BCUT2D eigenvalue weighted by atomic mass is 10.1. The number of aryl methyl sites for hydroxylation is 1. The van der Waals surface area contributed by atoms with Gasteiger partial charge in [0.25, 0.3) is 5.69 Å². The zero-order valence-corrected chi connectivity index (χ0v) is 11.9. The van der Waals surface area contributed by atoms with Crippen LogP contribution < -0.4 is 5.32 Å². The summed E-state index contributed by atoms with van der Waals surface area (Å²) in [6.07, 6.45) is 0.994. The van der Waals surface area contributed by atoms with E-state index in [1.54, 1.807) is 6.07 Å². The first kappa shape index (κ1) is 14.3. The fraction of sp³-hybridized carbons (Fsp3) is 0.200. The first-order valence-electron chi connectivity index (χ1n) is 6.35. The highest BCUT2D eigenvalue weighted by molar-refractivity contribution is 6.31. The monoisotopic (exact) mass is 290 g/mol. The van der Waals surface area contributed by atoms with Crippen molar-refractivity contribution in [3.63, 3.8) is 0 Å². The van der Waals surface area contributed by atoms with Gasteiger partial charge in [0.15, 0.2) is 0 Å². The van der Waals surface area contributed by atoms with Crippen LogP contribution in [0.15, 0.2) is 42.5 Å². The molecule has 5 heteroatoms. The molecule has 2 aromatic rings. The molecule has 0 atom stereocenters. The van der Waals surface area contributed by atoms with Crippen molar-refractivity contribution in [3.8, 4) is 0 Å². The fourth-order valence-corrected chi connectivity index (χ4v) is 2.07. The van der Waals surface area contributed by atoms with E-state index in [0.717, 1.165) is 12.0 Å². The number of anilines is 1. The van der Waals surface area contributed by atoms with Crippen LogP contribution in [0.1, 0.15) is 18.1 Å². The SMILES string of the molecule is CCc1ccc(CNc2cc(Cl)ccc2[N+](=O)[O-])cc1. The normalized spacial score (nSPS) is 10.3. The van der Waals surface area contributed by atoms with Gasteiger partial charge in [-0.15, -0.1) is 0 Å². The third-order valence-corrected chi connectivity index (χ3v) is 3.30. The highest BCUT2D eigenvalue weighted by Gasteiger charge is 2.13. The number of nitrogens with one attached hydrogen (secondary N) is 1. The quantitative estimate of drug-likeness (QED) is 0.655. The average molecular weight is 291 g/mol. The summed E-state index contributed by atoms with van der Waals surface area (Å²) in [5, 5.41) is 14.5. The molecule has 0 aromatic heterocycles. The summed E-state index contributed by atoms with van der Waals surface area (Å²) in [7, 11) is 0. The van der Waals surface area contributed by atoms with E-state index >= 15 is 0 Å². The predicted octanol–water partition coefficient (Wildman–Crippen LogP) is 4.42. The largest absolute Gasteiger partial charge is 0.375 e. The van der Waals surface area contributed by atoms with Gasteiger partial charge in [0.05, 0.1) is 4.92 Å². The van der Waals surface area contributed by atoms with Crippen molar-refractivity contribution in [1.29, 1.82) is 0 Å². The second-order valence-corrected chi connectivity index (χ2v) is 4.88. The van der Waals surface area contributed by atoms with Crippen molar-refractivity contribution in [2.24, 2.45) is 0 Å². The van der Waals surface area contributed by atoms with Gasteiger partial charge in [0.1, 0.15) is 5.69 Å². The summed E-state index contributed by atoms with van der Waals surface area (Å²) >= 11 is 5.88. The van der Waals surface area contributed by atoms with Gasteiger partial charge in [-0.05, 0) is 29.7 Å². The predicted molar refractivity (Wildman–Crippen MR) is 81.3 cm³/mol. The van der Waals surface area contributed by atoms with Crippen molar-refractivity contribution in [2.75, 3.05) is 5.32 Å². The summed E-state index contributed by atoms with van der Waals surface area (Å²) in [6, 6.07) is 12.6. The van der Waals surface area contributed by atoms with Crippen molar-refractivity contribution in [3.05, 3.63) is 68.7 Å². The van der Waals surface area contributed by atoms with E-state index in [4.69, 9.17) is 11.6 Å². The standard InChI is InChI=1S/C15H15ClN2O2/c1-2-11-3-5-12(6-4-11)10-17-14-9-13(16)7-8-15(14)18(19)20/h3-9,17H,2,10H2,1H3. The lowest BCUT2D eigenvalue weighted by Gasteiger charge is -2.08. The van der Waals surface area contributed by atoms with Crippen LogP contribution in [0.3, 0.4) is 0 Å². The molecule has 0 radical (unpaired) electrons. The average Bonchev–Trinajstić information content (AvgIpc) is 2.45. The summed E-state index contributed by atoms with van der Waals surface area (Å²) in [5.74, 6) is 0. The molecule has 4 nitrogen and oxygen atoms in total. The molecular formula is C15H15ClN2O2. The Morgan fingerprint density at radius 1 is 1.15 bits per heavy atom.